The molecule has 2 rings (SSSR count). The maximum absolute atomic E-state index is 12.1. The molecule has 0 saturated carbocycles. The van der Waals surface area contributed by atoms with Crippen molar-refractivity contribution in [3.63, 3.8) is 0 Å². The average molecular weight is 233 g/mol. The fourth-order valence-electron chi connectivity index (χ4n) is 2.21. The van der Waals surface area contributed by atoms with Crippen molar-refractivity contribution < 1.29 is 14.7 Å². The number of benzene rings is 1. The van der Waals surface area contributed by atoms with Crippen LogP contribution in [0.5, 0.6) is 0 Å². The number of fused-ring (bicyclic) bond motifs is 1. The number of aliphatic hydroxyl groups is 1. The van der Waals surface area contributed by atoms with Crippen molar-refractivity contribution in [3.8, 4) is 0 Å². The van der Waals surface area contributed by atoms with E-state index in [0.717, 1.165) is 0 Å². The number of imide groups is 1. The molecule has 1 heterocycles. The molecule has 1 aromatic carbocycles. The van der Waals surface area contributed by atoms with E-state index in [2.05, 4.69) is 0 Å². The monoisotopic (exact) mass is 233 g/mol. The first-order valence-electron chi connectivity index (χ1n) is 5.67. The van der Waals surface area contributed by atoms with Crippen molar-refractivity contribution in [2.75, 3.05) is 0 Å². The van der Waals surface area contributed by atoms with Gasteiger partial charge in [-0.2, -0.15) is 0 Å². The molecule has 90 valence electrons. The third kappa shape index (κ3) is 1.96. The van der Waals surface area contributed by atoms with Crippen LogP contribution in [0.1, 0.15) is 41.0 Å². The highest BCUT2D eigenvalue weighted by Gasteiger charge is 2.38. The molecule has 0 radical (unpaired) electrons. The summed E-state index contributed by atoms with van der Waals surface area (Å²) in [5, 5.41) is 9.32. The van der Waals surface area contributed by atoms with Crippen molar-refractivity contribution in [1.29, 1.82) is 0 Å². The molecule has 4 heteroatoms. The van der Waals surface area contributed by atoms with Gasteiger partial charge in [0.05, 0.1) is 17.2 Å². The second kappa shape index (κ2) is 4.30. The Hall–Kier alpha value is -1.68. The lowest BCUT2D eigenvalue weighted by Gasteiger charge is -2.23. The summed E-state index contributed by atoms with van der Waals surface area (Å²) in [7, 11) is 0. The van der Waals surface area contributed by atoms with Gasteiger partial charge in [-0.1, -0.05) is 12.1 Å². The minimum atomic E-state index is -0.533. The normalized spacial score (nSPS) is 18.2. The van der Waals surface area contributed by atoms with Crippen LogP contribution in [0.2, 0.25) is 0 Å². The maximum Gasteiger partial charge on any atom is 0.261 e. The van der Waals surface area contributed by atoms with Crippen LogP contribution in [-0.2, 0) is 0 Å². The maximum atomic E-state index is 12.1. The molecule has 0 unspecified atom stereocenters. The molecular formula is C13H15NO3. The predicted molar refractivity (Wildman–Crippen MR) is 62.7 cm³/mol. The first-order valence-corrected chi connectivity index (χ1v) is 5.67. The van der Waals surface area contributed by atoms with E-state index < -0.39 is 6.10 Å². The molecule has 0 bridgehead atoms. The first-order chi connectivity index (χ1) is 8.02. The van der Waals surface area contributed by atoms with Crippen LogP contribution in [0, 0.1) is 0 Å². The van der Waals surface area contributed by atoms with Gasteiger partial charge in [0, 0.05) is 6.04 Å². The zero-order valence-electron chi connectivity index (χ0n) is 9.88. The van der Waals surface area contributed by atoms with E-state index in [1.807, 2.05) is 0 Å². The summed E-state index contributed by atoms with van der Waals surface area (Å²) < 4.78 is 0. The third-order valence-corrected chi connectivity index (χ3v) is 2.95. The number of nitrogens with zero attached hydrogens (tertiary/aromatic N) is 1. The molecular weight excluding hydrogens is 218 g/mol. The largest absolute Gasteiger partial charge is 0.393 e. The standard InChI is InChI=1S/C13H15NO3/c1-8(7-9(2)15)14-12(16)10-5-3-4-6-11(10)13(14)17/h3-6,8-9,15H,7H2,1-2H3/t8-,9+/m0/s1. The van der Waals surface area contributed by atoms with Gasteiger partial charge in [-0.05, 0) is 32.4 Å². The summed E-state index contributed by atoms with van der Waals surface area (Å²) >= 11 is 0. The van der Waals surface area contributed by atoms with Crippen LogP contribution < -0.4 is 0 Å². The Balaban J connectivity index is 2.30. The lowest BCUT2D eigenvalue weighted by Crippen LogP contribution is -2.39. The fraction of sp³-hybridized carbons (Fsp3) is 0.385. The van der Waals surface area contributed by atoms with Gasteiger partial charge in [-0.25, -0.2) is 0 Å². The molecule has 1 aromatic rings. The molecule has 1 N–H and O–H groups in total. The van der Waals surface area contributed by atoms with Crippen LogP contribution in [0.25, 0.3) is 0 Å². The Labute approximate surface area is 99.9 Å². The van der Waals surface area contributed by atoms with Crippen molar-refractivity contribution in [1.82, 2.24) is 4.90 Å². The highest BCUT2D eigenvalue weighted by Crippen LogP contribution is 2.25. The Kier molecular flexibility index (Phi) is 2.98. The minimum Gasteiger partial charge on any atom is -0.393 e. The van der Waals surface area contributed by atoms with E-state index in [4.69, 9.17) is 0 Å². The van der Waals surface area contributed by atoms with Crippen molar-refractivity contribution in [2.24, 2.45) is 0 Å². The Bertz CT molecular complexity index is 432. The van der Waals surface area contributed by atoms with E-state index in [1.165, 1.54) is 4.90 Å². The quantitative estimate of drug-likeness (QED) is 0.804. The minimum absolute atomic E-state index is 0.265. The van der Waals surface area contributed by atoms with Gasteiger partial charge in [-0.3, -0.25) is 14.5 Å². The third-order valence-electron chi connectivity index (χ3n) is 2.95. The highest BCUT2D eigenvalue weighted by atomic mass is 16.3. The lowest BCUT2D eigenvalue weighted by molar-refractivity contribution is 0.0546. The van der Waals surface area contributed by atoms with Gasteiger partial charge in [0.2, 0.25) is 0 Å². The number of aliphatic hydroxyl groups excluding tert-OH is 1. The van der Waals surface area contributed by atoms with Crippen LogP contribution in [-0.4, -0.2) is 34.0 Å². The number of carbonyl (C=O) groups is 2. The predicted octanol–water partition coefficient (Wildman–Crippen LogP) is 1.44. The number of rotatable bonds is 3. The second-order valence-corrected chi connectivity index (χ2v) is 4.46. The SMILES string of the molecule is C[C@@H](O)C[C@H](C)N1C(=O)c2ccccc2C1=O. The molecule has 4 nitrogen and oxygen atoms in total. The summed E-state index contributed by atoms with van der Waals surface area (Å²) in [6.45, 7) is 3.42. The van der Waals surface area contributed by atoms with E-state index in [0.29, 0.717) is 17.5 Å². The molecule has 1 aliphatic rings. The fourth-order valence-corrected chi connectivity index (χ4v) is 2.21. The van der Waals surface area contributed by atoms with Crippen LogP contribution in [0.3, 0.4) is 0 Å². The zero-order valence-corrected chi connectivity index (χ0v) is 9.88. The number of carbonyl (C=O) groups excluding carboxylic acids is 2. The number of hydrogen-bond acceptors (Lipinski definition) is 3. The smallest absolute Gasteiger partial charge is 0.261 e. The van der Waals surface area contributed by atoms with E-state index in [1.54, 1.807) is 38.1 Å². The van der Waals surface area contributed by atoms with Gasteiger partial charge in [0.25, 0.3) is 11.8 Å². The van der Waals surface area contributed by atoms with E-state index in [9.17, 15) is 14.7 Å². The average Bonchev–Trinajstić information content (AvgIpc) is 2.51. The molecule has 1 aliphatic heterocycles. The Morgan fingerprint density at radius 3 is 2.00 bits per heavy atom. The van der Waals surface area contributed by atoms with Crippen molar-refractivity contribution >= 4 is 11.8 Å². The van der Waals surface area contributed by atoms with Crippen molar-refractivity contribution in [3.05, 3.63) is 35.4 Å². The van der Waals surface area contributed by atoms with Crippen LogP contribution in [0.4, 0.5) is 0 Å². The summed E-state index contributed by atoms with van der Waals surface area (Å²) in [6, 6.07) is 6.51. The van der Waals surface area contributed by atoms with E-state index in [-0.39, 0.29) is 17.9 Å². The van der Waals surface area contributed by atoms with Gasteiger partial charge < -0.3 is 5.11 Å². The summed E-state index contributed by atoms with van der Waals surface area (Å²) in [5.74, 6) is -0.530. The van der Waals surface area contributed by atoms with Crippen molar-refractivity contribution in [2.45, 2.75) is 32.4 Å². The molecule has 0 fully saturated rings. The lowest BCUT2D eigenvalue weighted by atomic mass is 10.1. The molecule has 2 amide bonds. The molecule has 0 aromatic heterocycles. The topological polar surface area (TPSA) is 57.6 Å². The Morgan fingerprint density at radius 1 is 1.12 bits per heavy atom. The van der Waals surface area contributed by atoms with E-state index >= 15 is 0 Å². The highest BCUT2D eigenvalue weighted by molar-refractivity contribution is 6.21. The molecule has 17 heavy (non-hydrogen) atoms. The molecule has 2 atom stereocenters. The van der Waals surface area contributed by atoms with Gasteiger partial charge in [-0.15, -0.1) is 0 Å². The van der Waals surface area contributed by atoms with Gasteiger partial charge >= 0.3 is 0 Å². The summed E-state index contributed by atoms with van der Waals surface area (Å²) in [6.07, 6.45) is -0.139. The summed E-state index contributed by atoms with van der Waals surface area (Å²) in [4.78, 5) is 25.3. The summed E-state index contributed by atoms with van der Waals surface area (Å²) in [5.41, 5.74) is 0.907. The molecule has 0 spiro atoms. The second-order valence-electron chi connectivity index (χ2n) is 4.46. The first kappa shape index (κ1) is 11.8. The Morgan fingerprint density at radius 2 is 1.59 bits per heavy atom. The molecule has 0 saturated heterocycles. The number of amides is 2. The molecule has 0 aliphatic carbocycles. The number of hydrogen-bond donors (Lipinski definition) is 1. The van der Waals surface area contributed by atoms with Gasteiger partial charge in [0.1, 0.15) is 0 Å². The van der Waals surface area contributed by atoms with Crippen LogP contribution in [0.15, 0.2) is 24.3 Å². The van der Waals surface area contributed by atoms with Gasteiger partial charge in [0.15, 0.2) is 0 Å². The van der Waals surface area contributed by atoms with Crippen LogP contribution >= 0.6 is 0 Å². The zero-order chi connectivity index (χ0) is 12.6.